The summed E-state index contributed by atoms with van der Waals surface area (Å²) in [6.07, 6.45) is 6.41. The molecule has 6 nitrogen and oxygen atoms in total. The fraction of sp³-hybridized carbons (Fsp3) is 0.333. The van der Waals surface area contributed by atoms with Crippen LogP contribution in [0.5, 0.6) is 5.75 Å². The van der Waals surface area contributed by atoms with E-state index in [1.165, 1.54) is 18.4 Å². The number of likely N-dealkylation sites (tertiary alicyclic amines) is 1. The maximum atomic E-state index is 12.6. The van der Waals surface area contributed by atoms with Gasteiger partial charge in [0.1, 0.15) is 5.75 Å². The van der Waals surface area contributed by atoms with Gasteiger partial charge in [0.15, 0.2) is 0 Å². The second-order valence-electron chi connectivity index (χ2n) is 7.64. The van der Waals surface area contributed by atoms with Crippen molar-refractivity contribution in [3.05, 3.63) is 78.1 Å². The van der Waals surface area contributed by atoms with Gasteiger partial charge >= 0.3 is 0 Å². The van der Waals surface area contributed by atoms with Crippen molar-refractivity contribution in [2.24, 2.45) is 0 Å². The summed E-state index contributed by atoms with van der Waals surface area (Å²) in [5.74, 6) is 0.860. The third kappa shape index (κ3) is 4.89. The van der Waals surface area contributed by atoms with E-state index in [-0.39, 0.29) is 11.9 Å². The van der Waals surface area contributed by atoms with Crippen LogP contribution in [-0.4, -0.2) is 47.3 Å². The van der Waals surface area contributed by atoms with Crippen LogP contribution < -0.4 is 10.1 Å². The lowest BCUT2D eigenvalue weighted by Crippen LogP contribution is -2.37. The van der Waals surface area contributed by atoms with Gasteiger partial charge in [-0.05, 0) is 61.3 Å². The van der Waals surface area contributed by atoms with Crippen LogP contribution in [0.15, 0.2) is 67.0 Å². The molecule has 0 bridgehead atoms. The molecule has 1 aromatic heterocycles. The molecule has 0 saturated carbocycles. The van der Waals surface area contributed by atoms with E-state index in [9.17, 15) is 4.79 Å². The van der Waals surface area contributed by atoms with Crippen molar-refractivity contribution in [1.29, 1.82) is 0 Å². The average molecular weight is 405 g/mol. The Kier molecular flexibility index (Phi) is 6.44. The summed E-state index contributed by atoms with van der Waals surface area (Å²) >= 11 is 0. The monoisotopic (exact) mass is 404 g/mol. The molecule has 0 spiro atoms. The maximum absolute atomic E-state index is 12.6. The van der Waals surface area contributed by atoms with Gasteiger partial charge in [-0.3, -0.25) is 9.69 Å². The molecule has 1 fully saturated rings. The largest absolute Gasteiger partial charge is 0.497 e. The number of rotatable bonds is 8. The van der Waals surface area contributed by atoms with Crippen LogP contribution in [0.1, 0.15) is 30.0 Å². The molecule has 1 aliphatic rings. The van der Waals surface area contributed by atoms with Gasteiger partial charge in [0, 0.05) is 12.7 Å². The number of benzene rings is 2. The van der Waals surface area contributed by atoms with Crippen molar-refractivity contribution >= 4 is 5.91 Å². The highest BCUT2D eigenvalue weighted by Gasteiger charge is 2.24. The van der Waals surface area contributed by atoms with E-state index in [4.69, 9.17) is 4.74 Å². The first-order valence-corrected chi connectivity index (χ1v) is 10.5. The lowest BCUT2D eigenvalue weighted by molar-refractivity contribution is -0.120. The van der Waals surface area contributed by atoms with Gasteiger partial charge in [0.2, 0.25) is 5.91 Å². The van der Waals surface area contributed by atoms with Crippen molar-refractivity contribution < 1.29 is 9.53 Å². The lowest BCUT2D eigenvalue weighted by Gasteiger charge is -2.28. The van der Waals surface area contributed by atoms with Gasteiger partial charge in [0.05, 0.1) is 31.5 Å². The predicted octanol–water partition coefficient (Wildman–Crippen LogP) is 3.38. The molecule has 4 rings (SSSR count). The van der Waals surface area contributed by atoms with Crippen LogP contribution >= 0.6 is 0 Å². The van der Waals surface area contributed by atoms with Crippen molar-refractivity contribution in [2.75, 3.05) is 26.7 Å². The molecule has 6 heteroatoms. The molecular formula is C24H28N4O2. The Balaban J connectivity index is 1.38. The van der Waals surface area contributed by atoms with E-state index in [1.54, 1.807) is 18.0 Å². The molecule has 2 aromatic carbocycles. The fourth-order valence-electron chi connectivity index (χ4n) is 3.97. The van der Waals surface area contributed by atoms with E-state index in [0.29, 0.717) is 13.0 Å². The highest BCUT2D eigenvalue weighted by molar-refractivity contribution is 5.78. The Labute approximate surface area is 177 Å². The smallest absolute Gasteiger partial charge is 0.224 e. The number of hydrogen-bond acceptors (Lipinski definition) is 4. The number of amides is 1. The summed E-state index contributed by atoms with van der Waals surface area (Å²) in [5.41, 5.74) is 3.09. The standard InChI is InChI=1S/C24H28N4O2/c1-30-22-11-9-20(10-12-22)23(27-13-5-6-14-27)17-25-24(29)15-19-16-26-28(18-19)21-7-3-2-4-8-21/h2-4,7-12,16,18,23H,5-6,13-15,17H2,1H3,(H,25,29). The summed E-state index contributed by atoms with van der Waals surface area (Å²) < 4.78 is 7.08. The Morgan fingerprint density at radius 3 is 2.53 bits per heavy atom. The van der Waals surface area contributed by atoms with Crippen molar-refractivity contribution in [3.8, 4) is 11.4 Å². The van der Waals surface area contributed by atoms with E-state index >= 15 is 0 Å². The average Bonchev–Trinajstić information content (AvgIpc) is 3.48. The van der Waals surface area contributed by atoms with Crippen LogP contribution in [0.3, 0.4) is 0 Å². The molecule has 3 aromatic rings. The minimum atomic E-state index is 0.0142. The number of carbonyl (C=O) groups is 1. The number of nitrogens with one attached hydrogen (secondary N) is 1. The summed E-state index contributed by atoms with van der Waals surface area (Å²) in [7, 11) is 1.67. The fourth-order valence-corrected chi connectivity index (χ4v) is 3.97. The zero-order chi connectivity index (χ0) is 20.8. The molecule has 1 atom stereocenters. The van der Waals surface area contributed by atoms with Crippen LogP contribution in [-0.2, 0) is 11.2 Å². The maximum Gasteiger partial charge on any atom is 0.224 e. The molecular weight excluding hydrogens is 376 g/mol. The summed E-state index contributed by atoms with van der Waals surface area (Å²) in [4.78, 5) is 15.1. The SMILES string of the molecule is COc1ccc(C(CNC(=O)Cc2cnn(-c3ccccc3)c2)N2CCCC2)cc1. The number of carbonyl (C=O) groups excluding carboxylic acids is 1. The van der Waals surface area contributed by atoms with Gasteiger partial charge in [0.25, 0.3) is 0 Å². The Hall–Kier alpha value is -3.12. The number of ether oxygens (including phenoxy) is 1. The molecule has 0 aliphatic carbocycles. The van der Waals surface area contributed by atoms with Crippen molar-refractivity contribution in [1.82, 2.24) is 20.0 Å². The van der Waals surface area contributed by atoms with Crippen LogP contribution in [0.25, 0.3) is 5.69 Å². The molecule has 1 aliphatic heterocycles. The molecule has 30 heavy (non-hydrogen) atoms. The summed E-state index contributed by atoms with van der Waals surface area (Å²) in [6.45, 7) is 2.73. The van der Waals surface area contributed by atoms with E-state index in [1.807, 2.05) is 48.7 Å². The van der Waals surface area contributed by atoms with Crippen LogP contribution in [0.4, 0.5) is 0 Å². The topological polar surface area (TPSA) is 59.4 Å². The van der Waals surface area contributed by atoms with Gasteiger partial charge in [-0.15, -0.1) is 0 Å². The highest BCUT2D eigenvalue weighted by Crippen LogP contribution is 2.26. The number of hydrogen-bond donors (Lipinski definition) is 1. The first kappa shape index (κ1) is 20.2. The lowest BCUT2D eigenvalue weighted by atomic mass is 10.0. The Morgan fingerprint density at radius 1 is 1.10 bits per heavy atom. The number of para-hydroxylation sites is 1. The van der Waals surface area contributed by atoms with E-state index in [2.05, 4.69) is 27.4 Å². The van der Waals surface area contributed by atoms with Crippen molar-refractivity contribution in [2.45, 2.75) is 25.3 Å². The molecule has 1 N–H and O–H groups in total. The molecule has 1 unspecified atom stereocenters. The normalized spacial score (nSPS) is 15.1. The molecule has 2 heterocycles. The third-order valence-electron chi connectivity index (χ3n) is 5.60. The molecule has 0 radical (unpaired) electrons. The number of aromatic nitrogens is 2. The molecule has 156 valence electrons. The second kappa shape index (κ2) is 9.59. The summed E-state index contributed by atoms with van der Waals surface area (Å²) in [5, 5.41) is 7.51. The van der Waals surface area contributed by atoms with E-state index < -0.39 is 0 Å². The predicted molar refractivity (Wildman–Crippen MR) is 117 cm³/mol. The second-order valence-corrected chi connectivity index (χ2v) is 7.64. The van der Waals surface area contributed by atoms with Gasteiger partial charge in [-0.1, -0.05) is 30.3 Å². The van der Waals surface area contributed by atoms with Crippen molar-refractivity contribution in [3.63, 3.8) is 0 Å². The first-order valence-electron chi connectivity index (χ1n) is 10.5. The van der Waals surface area contributed by atoms with Crippen LogP contribution in [0, 0.1) is 0 Å². The zero-order valence-electron chi connectivity index (χ0n) is 17.3. The quantitative estimate of drug-likeness (QED) is 0.625. The summed E-state index contributed by atoms with van der Waals surface area (Å²) in [6, 6.07) is 18.2. The van der Waals surface area contributed by atoms with E-state index in [0.717, 1.165) is 30.1 Å². The molecule has 1 amide bonds. The Morgan fingerprint density at radius 2 is 1.83 bits per heavy atom. The minimum absolute atomic E-state index is 0.0142. The van der Waals surface area contributed by atoms with Gasteiger partial charge < -0.3 is 10.1 Å². The highest BCUT2D eigenvalue weighted by atomic mass is 16.5. The number of methoxy groups -OCH3 is 1. The first-order chi connectivity index (χ1) is 14.7. The zero-order valence-corrected chi connectivity index (χ0v) is 17.3. The molecule has 1 saturated heterocycles. The number of nitrogens with zero attached hydrogens (tertiary/aromatic N) is 3. The minimum Gasteiger partial charge on any atom is -0.497 e. The van der Waals surface area contributed by atoms with Gasteiger partial charge in [-0.2, -0.15) is 5.10 Å². The third-order valence-corrected chi connectivity index (χ3v) is 5.60. The van der Waals surface area contributed by atoms with Gasteiger partial charge in [-0.25, -0.2) is 4.68 Å². The van der Waals surface area contributed by atoms with Crippen LogP contribution in [0.2, 0.25) is 0 Å². The Bertz CT molecular complexity index is 947.